The number of sulfonamides is 3. The number of rotatable bonds is 11. The Kier molecular flexibility index (Phi) is 37.2. The number of para-hydroxylation sites is 2. The zero-order valence-electron chi connectivity index (χ0n) is 77.6. The van der Waals surface area contributed by atoms with E-state index in [1.807, 2.05) is 0 Å². The number of H-pyrrole nitrogens is 2. The summed E-state index contributed by atoms with van der Waals surface area (Å²) in [6.07, 6.45) is -0.297. The first-order valence-corrected chi connectivity index (χ1v) is 54.0. The van der Waals surface area contributed by atoms with Gasteiger partial charge < -0.3 is 95.0 Å². The summed E-state index contributed by atoms with van der Waals surface area (Å²) in [5.74, 6) is -20.4. The van der Waals surface area contributed by atoms with E-state index in [0.717, 1.165) is 48.2 Å². The Morgan fingerprint density at radius 1 is 0.479 bits per heavy atom. The standard InChI is InChI=1S/C90H118N22O22S6/c1-50(2)76-88(126)102-68(37-75(115)116)81(119)95-40-74(114)99-66(35-53-38-93-63-23-8-6-21-61(53)63)83(121)107-77(51(3)4)90(128)112-28-14-26-72(112)87(125)103-69(79(92)117)47-135-29-32-138(129,130)109-41-55-15-10-17-57(96-55)43-110-44-58-19-12-20-60(98-58)46-111(45-59-18-11-16-56(42-109)97-59)140(133,134)34-31-137-49-71(104-80(118)52(5)91)86(124)108-78-73(113)27-13-25-65(100-89(78)127)82(120)105-70(48-136-30-33-139(110,131)132)85(123)101-67(84(122)106-76)36-54-39-94-64-24-9-7-22-62(54)64/h6-12,15-24,38-39,50-52,65-73,76-78,93-94,113H,13-14,25-37,40-49,91H2,1-5H3,(H2,92,117)(H,95,119)(H,99,114)(H,100,127)(H,101,123)(H,102,126)(H,103,125)(H,104,118)(H,105,120)(H,106,122)(H,107,121)(H,108,124)(H,115,116)/t52-,65-,66-,67-,68-,69-,70-,71-,72-,73+,76-,77-,78-/m0/s1. The summed E-state index contributed by atoms with van der Waals surface area (Å²) >= 11 is 2.64. The van der Waals surface area contributed by atoms with Crippen molar-refractivity contribution in [2.75, 3.05) is 64.9 Å². The second-order valence-electron chi connectivity index (χ2n) is 35.6. The number of carbonyl (C=O) groups is 14. The molecule has 7 aromatic rings. The summed E-state index contributed by atoms with van der Waals surface area (Å²) in [7, 11) is -13.6. The highest BCUT2D eigenvalue weighted by Gasteiger charge is 2.44. The van der Waals surface area contributed by atoms with Gasteiger partial charge in [-0.3, -0.25) is 82.1 Å². The van der Waals surface area contributed by atoms with Gasteiger partial charge in [-0.1, -0.05) is 82.3 Å². The molecule has 19 N–H and O–H groups in total. The number of aliphatic hydroxyl groups is 1. The summed E-state index contributed by atoms with van der Waals surface area (Å²) in [4.78, 5) is 225. The number of nitrogens with two attached hydrogens (primary N) is 2. The lowest BCUT2D eigenvalue weighted by Crippen LogP contribution is -2.63. The molecule has 0 saturated carbocycles. The molecular formula is C90H118N22O22S6. The van der Waals surface area contributed by atoms with Crippen molar-refractivity contribution < 1.29 is 103 Å². The normalized spacial score (nSPS) is 27.0. The maximum atomic E-state index is 15.7. The van der Waals surface area contributed by atoms with E-state index in [1.165, 1.54) is 68.1 Å². The SMILES string of the molecule is CC(C)[C@@H]1NC(=O)[C@H](Cc2c[nH]c3ccccc23)NC(=O)[C@@H]2CSCCS(=O)(=O)N3Cc4cccc(n4)CN(Cc4cccc(n4)CN(Cc4cccc(n4)C3)S(=O)(=O)CCSC[C@H](NC(=O)[C@H](C)N)C(=O)N[C@@H]3C(=O)N[C@@H](CCC[C@H]3O)C(=O)N2)S(=O)(=O)CCSC[C@@H](C(N)=O)NC(=O)[C@@H]2CCCN2C(=O)[C@H](C(C)C)NC(=O)[C@H](Cc2c[nH]c3ccccc23)NC(=O)CNC(=O)[C@H](CC(=O)O)NC1=O. The minimum absolute atomic E-state index is 0.00134. The first kappa shape index (κ1) is 107. The van der Waals surface area contributed by atoms with Gasteiger partial charge in [0.1, 0.15) is 66.5 Å². The van der Waals surface area contributed by atoms with Gasteiger partial charge in [-0.15, -0.1) is 0 Å². The molecule has 2 aromatic carbocycles. The van der Waals surface area contributed by atoms with Crippen LogP contribution < -0.4 is 70.0 Å². The first-order chi connectivity index (χ1) is 66.6. The van der Waals surface area contributed by atoms with Gasteiger partial charge >= 0.3 is 5.97 Å². The van der Waals surface area contributed by atoms with E-state index < -0.39 is 279 Å². The fraction of sp³-hybridized carbons (Fsp3) is 0.500. The number of aromatic amines is 2. The molecule has 13 amide bonds. The predicted octanol–water partition coefficient (Wildman–Crippen LogP) is -2.03. The Morgan fingerprint density at radius 3 is 1.42 bits per heavy atom. The van der Waals surface area contributed by atoms with E-state index >= 15 is 44.4 Å². The van der Waals surface area contributed by atoms with Gasteiger partial charge in [0, 0.05) is 88.1 Å². The highest BCUT2D eigenvalue weighted by atomic mass is 32.2. The van der Waals surface area contributed by atoms with Crippen molar-refractivity contribution in [2.45, 2.75) is 204 Å². The molecule has 5 aliphatic rings. The number of carboxylic acids is 1. The lowest BCUT2D eigenvalue weighted by molar-refractivity contribution is -0.143. The van der Waals surface area contributed by atoms with Crippen LogP contribution in [0.25, 0.3) is 21.8 Å². The first-order valence-electron chi connectivity index (χ1n) is 45.7. The van der Waals surface area contributed by atoms with Crippen LogP contribution >= 0.6 is 35.3 Å². The molecule has 50 heteroatoms. The second-order valence-corrected chi connectivity index (χ2v) is 45.3. The molecule has 44 nitrogen and oxygen atoms in total. The lowest BCUT2D eigenvalue weighted by atomic mass is 9.97. The van der Waals surface area contributed by atoms with E-state index in [-0.39, 0.29) is 114 Å². The van der Waals surface area contributed by atoms with Gasteiger partial charge in [0.15, 0.2) is 0 Å². The Bertz CT molecular complexity index is 6110. The minimum Gasteiger partial charge on any atom is -0.481 e. The van der Waals surface area contributed by atoms with Crippen LogP contribution in [-0.2, 0) is 149 Å². The molecule has 0 radical (unpaired) electrons. The molecule has 0 aliphatic carbocycles. The number of primary amides is 1. The van der Waals surface area contributed by atoms with Crippen LogP contribution in [0, 0.1) is 11.8 Å². The number of hydrogen-bond donors (Lipinski definition) is 17. The third-order valence-corrected chi connectivity index (χ3v) is 33.5. The van der Waals surface area contributed by atoms with Crippen LogP contribution in [-0.4, -0.2) is 304 Å². The highest BCUT2D eigenvalue weighted by Crippen LogP contribution is 2.29. The van der Waals surface area contributed by atoms with Crippen LogP contribution in [0.5, 0.6) is 0 Å². The Morgan fingerprint density at radius 2 is 0.936 bits per heavy atom. The summed E-state index contributed by atoms with van der Waals surface area (Å²) in [5.41, 5.74) is 14.7. The maximum absolute atomic E-state index is 15.7. The minimum atomic E-state index is -4.62. The molecule has 5 aliphatic heterocycles. The van der Waals surface area contributed by atoms with E-state index in [2.05, 4.69) is 68.5 Å². The number of amides is 13. The molecule has 0 spiro atoms. The number of nitrogens with one attached hydrogen (secondary N) is 13. The fourth-order valence-corrected chi connectivity index (χ4v) is 25.2. The third kappa shape index (κ3) is 29.0. The van der Waals surface area contributed by atoms with Crippen molar-refractivity contribution in [3.05, 3.63) is 161 Å². The molecule has 10 heterocycles. The monoisotopic (exact) mass is 2050 g/mol. The molecule has 140 heavy (non-hydrogen) atoms. The van der Waals surface area contributed by atoms with E-state index in [4.69, 9.17) is 26.4 Å². The number of pyridine rings is 3. The zero-order chi connectivity index (χ0) is 101. The van der Waals surface area contributed by atoms with Crippen molar-refractivity contribution in [1.82, 2.24) is 101 Å². The van der Waals surface area contributed by atoms with E-state index in [9.17, 15) is 58.2 Å². The van der Waals surface area contributed by atoms with Crippen LogP contribution in [0.4, 0.5) is 0 Å². The number of nitrogens with zero attached hydrogens (tertiary/aromatic N) is 7. The molecule has 2 fully saturated rings. The van der Waals surface area contributed by atoms with Crippen LogP contribution in [0.2, 0.25) is 0 Å². The number of aromatic nitrogens is 5. The quantitative estimate of drug-likeness (QED) is 0.0664. The van der Waals surface area contributed by atoms with Crippen molar-refractivity contribution in [1.29, 1.82) is 0 Å². The number of carboxylic acid groups (broad SMARTS) is 1. The van der Waals surface area contributed by atoms with Gasteiger partial charge in [-0.05, 0) is 111 Å². The van der Waals surface area contributed by atoms with Crippen molar-refractivity contribution in [3.63, 3.8) is 0 Å². The van der Waals surface area contributed by atoms with Crippen molar-refractivity contribution >= 4 is 170 Å². The predicted molar refractivity (Wildman–Crippen MR) is 519 cm³/mol. The Labute approximate surface area is 821 Å². The third-order valence-electron chi connectivity index (χ3n) is 24.3. The van der Waals surface area contributed by atoms with Crippen LogP contribution in [0.1, 0.15) is 118 Å². The summed E-state index contributed by atoms with van der Waals surface area (Å²) in [6, 6.07) is 8.57. The number of aliphatic hydroxyl groups excluding tert-OH is 1. The lowest BCUT2D eigenvalue weighted by Gasteiger charge is -2.32. The van der Waals surface area contributed by atoms with Gasteiger partial charge in [-0.25, -0.2) is 25.3 Å². The van der Waals surface area contributed by atoms with Gasteiger partial charge in [0.2, 0.25) is 107 Å². The molecule has 5 aromatic heterocycles. The molecule has 16 atom stereocenters. The summed E-state index contributed by atoms with van der Waals surface area (Å²) in [5, 5.41) is 51.5. The number of thioether (sulfide) groups is 3. The zero-order valence-corrected chi connectivity index (χ0v) is 82.5. The highest BCUT2D eigenvalue weighted by molar-refractivity contribution is 8.01. The topological polar surface area (TPSA) is 649 Å². The number of benzene rings is 2. The fourth-order valence-electron chi connectivity index (χ4n) is 16.6. The van der Waals surface area contributed by atoms with Crippen LogP contribution in [0.3, 0.4) is 0 Å². The number of carbonyl (C=O) groups excluding carboxylic acids is 13. The molecular weight excluding hydrogens is 1930 g/mol. The van der Waals surface area contributed by atoms with Crippen molar-refractivity contribution in [3.8, 4) is 0 Å². The largest absolute Gasteiger partial charge is 0.481 e. The molecule has 756 valence electrons. The van der Waals surface area contributed by atoms with Gasteiger partial charge in [0.25, 0.3) is 0 Å². The summed E-state index contributed by atoms with van der Waals surface area (Å²) < 4.78 is 94.9. The van der Waals surface area contributed by atoms with Gasteiger partial charge in [0.05, 0.1) is 116 Å². The average Bonchev–Trinajstić information content (AvgIpc) is 1.46. The molecule has 2 saturated heterocycles. The van der Waals surface area contributed by atoms with E-state index in [1.54, 1.807) is 86.9 Å². The van der Waals surface area contributed by atoms with Crippen LogP contribution in [0.15, 0.2) is 116 Å². The molecule has 12 bridgehead atoms. The number of aliphatic carboxylic acids is 1. The number of fused-ring (bicyclic) bond motifs is 15. The van der Waals surface area contributed by atoms with Gasteiger partial charge in [-0.2, -0.15) is 48.2 Å². The van der Waals surface area contributed by atoms with E-state index in [0.29, 0.717) is 32.9 Å². The second kappa shape index (κ2) is 48.6. The number of hydrogen-bond acceptors (Lipinski definition) is 28. The average molecular weight is 2050 g/mol. The molecule has 3 unspecified atom stereocenters. The Hall–Kier alpha value is -11.8. The summed E-state index contributed by atoms with van der Waals surface area (Å²) in [6.45, 7) is 3.65. The van der Waals surface area contributed by atoms with Crippen molar-refractivity contribution in [2.24, 2.45) is 23.3 Å². The molecule has 12 rings (SSSR count). The maximum Gasteiger partial charge on any atom is 0.305 e. The Balaban J connectivity index is 0.941. The smallest absolute Gasteiger partial charge is 0.305 e.